The van der Waals surface area contributed by atoms with E-state index in [1.807, 2.05) is 18.5 Å². The molecule has 0 bridgehead atoms. The highest BCUT2D eigenvalue weighted by Gasteiger charge is 2.03. The minimum absolute atomic E-state index is 0.0800. The average molecular weight is 215 g/mol. The standard InChI is InChI=1S/C12H13N3O/c16-12(11-2-1-5-13-9-11)15-7-4-10-3-6-14-8-10/h1-3,5-6,8-9,14H,4,7H2,(H,15,16). The second-order valence-corrected chi connectivity index (χ2v) is 3.47. The average Bonchev–Trinajstić information content (AvgIpc) is 2.83. The van der Waals surface area contributed by atoms with Crippen LogP contribution >= 0.6 is 0 Å². The van der Waals surface area contributed by atoms with Crippen molar-refractivity contribution < 1.29 is 4.79 Å². The Morgan fingerprint density at radius 1 is 1.44 bits per heavy atom. The molecule has 0 saturated heterocycles. The molecule has 2 aromatic rings. The number of hydrogen-bond acceptors (Lipinski definition) is 2. The number of carbonyl (C=O) groups is 1. The number of hydrogen-bond donors (Lipinski definition) is 2. The lowest BCUT2D eigenvalue weighted by Gasteiger charge is -2.03. The summed E-state index contributed by atoms with van der Waals surface area (Å²) in [5.41, 5.74) is 1.78. The number of nitrogens with zero attached hydrogens (tertiary/aromatic N) is 1. The molecule has 82 valence electrons. The van der Waals surface area contributed by atoms with Gasteiger partial charge in [-0.05, 0) is 30.2 Å². The third-order valence-corrected chi connectivity index (χ3v) is 2.29. The van der Waals surface area contributed by atoms with Gasteiger partial charge < -0.3 is 10.3 Å². The first-order valence-electron chi connectivity index (χ1n) is 5.16. The van der Waals surface area contributed by atoms with Crippen molar-refractivity contribution in [3.63, 3.8) is 0 Å². The molecule has 0 saturated carbocycles. The molecule has 0 spiro atoms. The summed E-state index contributed by atoms with van der Waals surface area (Å²) in [6.45, 7) is 0.631. The number of rotatable bonds is 4. The van der Waals surface area contributed by atoms with Crippen LogP contribution in [0.5, 0.6) is 0 Å². The van der Waals surface area contributed by atoms with Crippen molar-refractivity contribution in [1.82, 2.24) is 15.3 Å². The van der Waals surface area contributed by atoms with Crippen LogP contribution in [0.4, 0.5) is 0 Å². The molecule has 2 aromatic heterocycles. The summed E-state index contributed by atoms with van der Waals surface area (Å²) in [4.78, 5) is 18.5. The van der Waals surface area contributed by atoms with Crippen molar-refractivity contribution in [3.05, 3.63) is 54.1 Å². The number of amides is 1. The van der Waals surface area contributed by atoms with Crippen LogP contribution in [-0.2, 0) is 6.42 Å². The first kappa shape index (κ1) is 10.4. The first-order valence-corrected chi connectivity index (χ1v) is 5.16. The maximum absolute atomic E-state index is 11.6. The van der Waals surface area contributed by atoms with Gasteiger partial charge in [-0.25, -0.2) is 0 Å². The molecule has 4 heteroatoms. The molecule has 0 atom stereocenters. The Balaban J connectivity index is 1.81. The van der Waals surface area contributed by atoms with Crippen molar-refractivity contribution in [2.24, 2.45) is 0 Å². The Bertz CT molecular complexity index is 437. The molecule has 1 amide bonds. The SMILES string of the molecule is O=C(NCCc1cc[nH]c1)c1cccnc1. The Kier molecular flexibility index (Phi) is 3.33. The highest BCUT2D eigenvalue weighted by Crippen LogP contribution is 1.98. The Hall–Kier alpha value is -2.10. The van der Waals surface area contributed by atoms with Crippen LogP contribution < -0.4 is 5.32 Å². The third kappa shape index (κ3) is 2.70. The zero-order valence-corrected chi connectivity index (χ0v) is 8.81. The molecule has 4 nitrogen and oxygen atoms in total. The lowest BCUT2D eigenvalue weighted by Crippen LogP contribution is -2.25. The number of pyridine rings is 1. The summed E-state index contributed by atoms with van der Waals surface area (Å²) in [6, 6.07) is 5.50. The van der Waals surface area contributed by atoms with Crippen LogP contribution in [0.15, 0.2) is 43.0 Å². The number of aromatic nitrogens is 2. The maximum Gasteiger partial charge on any atom is 0.252 e. The molecule has 0 aliphatic rings. The zero-order chi connectivity index (χ0) is 11.2. The predicted molar refractivity (Wildman–Crippen MR) is 61.1 cm³/mol. The Morgan fingerprint density at radius 2 is 2.38 bits per heavy atom. The maximum atomic E-state index is 11.6. The van der Waals surface area contributed by atoms with Gasteiger partial charge in [0, 0.05) is 31.3 Å². The molecule has 0 aliphatic heterocycles. The van der Waals surface area contributed by atoms with Crippen molar-refractivity contribution in [1.29, 1.82) is 0 Å². The second kappa shape index (κ2) is 5.11. The van der Waals surface area contributed by atoms with E-state index in [9.17, 15) is 4.79 Å². The number of aromatic amines is 1. The van der Waals surface area contributed by atoms with Crippen LogP contribution in [0, 0.1) is 0 Å². The van der Waals surface area contributed by atoms with Gasteiger partial charge in [0.25, 0.3) is 5.91 Å². The minimum Gasteiger partial charge on any atom is -0.367 e. The van der Waals surface area contributed by atoms with E-state index in [1.54, 1.807) is 24.5 Å². The fraction of sp³-hybridized carbons (Fsp3) is 0.167. The van der Waals surface area contributed by atoms with E-state index in [-0.39, 0.29) is 5.91 Å². The molecule has 0 aliphatic carbocycles. The van der Waals surface area contributed by atoms with Gasteiger partial charge in [0.2, 0.25) is 0 Å². The van der Waals surface area contributed by atoms with Gasteiger partial charge >= 0.3 is 0 Å². The molecule has 0 fully saturated rings. The predicted octanol–water partition coefficient (Wildman–Crippen LogP) is 1.38. The summed E-state index contributed by atoms with van der Waals surface area (Å²) in [5, 5.41) is 2.84. The summed E-state index contributed by atoms with van der Waals surface area (Å²) in [7, 11) is 0. The van der Waals surface area contributed by atoms with Crippen LogP contribution in [-0.4, -0.2) is 22.4 Å². The van der Waals surface area contributed by atoms with E-state index in [4.69, 9.17) is 0 Å². The number of carbonyl (C=O) groups excluding carboxylic acids is 1. The minimum atomic E-state index is -0.0800. The summed E-state index contributed by atoms with van der Waals surface area (Å²) in [5.74, 6) is -0.0800. The number of nitrogens with one attached hydrogen (secondary N) is 2. The monoisotopic (exact) mass is 215 g/mol. The second-order valence-electron chi connectivity index (χ2n) is 3.47. The van der Waals surface area contributed by atoms with Crippen molar-refractivity contribution in [3.8, 4) is 0 Å². The van der Waals surface area contributed by atoms with Gasteiger partial charge in [0.05, 0.1) is 5.56 Å². The highest BCUT2D eigenvalue weighted by atomic mass is 16.1. The Morgan fingerprint density at radius 3 is 3.06 bits per heavy atom. The summed E-state index contributed by atoms with van der Waals surface area (Å²) >= 11 is 0. The van der Waals surface area contributed by atoms with Crippen molar-refractivity contribution >= 4 is 5.91 Å². The van der Waals surface area contributed by atoms with Gasteiger partial charge in [0.15, 0.2) is 0 Å². The van der Waals surface area contributed by atoms with Crippen LogP contribution in [0.1, 0.15) is 15.9 Å². The molecular formula is C12H13N3O. The summed E-state index contributed by atoms with van der Waals surface area (Å²) in [6.07, 6.45) is 7.84. The quantitative estimate of drug-likeness (QED) is 0.809. The third-order valence-electron chi connectivity index (χ3n) is 2.29. The van der Waals surface area contributed by atoms with Gasteiger partial charge in [0.1, 0.15) is 0 Å². The summed E-state index contributed by atoms with van der Waals surface area (Å²) < 4.78 is 0. The van der Waals surface area contributed by atoms with E-state index in [2.05, 4.69) is 15.3 Å². The Labute approximate surface area is 93.7 Å². The topological polar surface area (TPSA) is 57.8 Å². The molecule has 0 aromatic carbocycles. The van der Waals surface area contributed by atoms with Gasteiger partial charge in [-0.1, -0.05) is 0 Å². The van der Waals surface area contributed by atoms with E-state index in [0.29, 0.717) is 12.1 Å². The fourth-order valence-corrected chi connectivity index (χ4v) is 1.43. The molecular weight excluding hydrogens is 202 g/mol. The smallest absolute Gasteiger partial charge is 0.252 e. The van der Waals surface area contributed by atoms with Gasteiger partial charge in [-0.3, -0.25) is 9.78 Å². The lowest BCUT2D eigenvalue weighted by atomic mass is 10.2. The zero-order valence-electron chi connectivity index (χ0n) is 8.81. The lowest BCUT2D eigenvalue weighted by molar-refractivity contribution is 0.0954. The van der Waals surface area contributed by atoms with Crippen molar-refractivity contribution in [2.45, 2.75) is 6.42 Å². The van der Waals surface area contributed by atoms with Gasteiger partial charge in [-0.2, -0.15) is 0 Å². The van der Waals surface area contributed by atoms with E-state index in [0.717, 1.165) is 6.42 Å². The van der Waals surface area contributed by atoms with Crippen LogP contribution in [0.3, 0.4) is 0 Å². The molecule has 16 heavy (non-hydrogen) atoms. The molecule has 0 unspecified atom stereocenters. The van der Waals surface area contributed by atoms with E-state index in [1.165, 1.54) is 5.56 Å². The van der Waals surface area contributed by atoms with Gasteiger partial charge in [-0.15, -0.1) is 0 Å². The van der Waals surface area contributed by atoms with E-state index < -0.39 is 0 Å². The largest absolute Gasteiger partial charge is 0.367 e. The van der Waals surface area contributed by atoms with Crippen LogP contribution in [0.2, 0.25) is 0 Å². The van der Waals surface area contributed by atoms with Crippen molar-refractivity contribution in [2.75, 3.05) is 6.54 Å². The normalized spacial score (nSPS) is 10.0. The highest BCUT2D eigenvalue weighted by molar-refractivity contribution is 5.93. The number of H-pyrrole nitrogens is 1. The fourth-order valence-electron chi connectivity index (χ4n) is 1.43. The first-order chi connectivity index (χ1) is 7.86. The molecule has 0 radical (unpaired) electrons. The molecule has 2 heterocycles. The van der Waals surface area contributed by atoms with Crippen LogP contribution in [0.25, 0.3) is 0 Å². The molecule has 2 rings (SSSR count). The van der Waals surface area contributed by atoms with E-state index >= 15 is 0 Å². The molecule has 2 N–H and O–H groups in total.